The van der Waals surface area contributed by atoms with Crippen LogP contribution in [-0.4, -0.2) is 33.7 Å². The van der Waals surface area contributed by atoms with Crippen LogP contribution in [0.15, 0.2) is 28.9 Å². The summed E-state index contributed by atoms with van der Waals surface area (Å²) in [7, 11) is 0. The number of hydrogen-bond donors (Lipinski definition) is 1. The standard InChI is InChI=1S/C19H24F2N2O3S/c1-11-15(27-18(2,3)4)16(24)23(10-26-11)19(5,6)17(25)22-14-9-12(20)7-8-13(14)21/h7-9H,10H2,1-6H3,(H,22,25). The van der Waals surface area contributed by atoms with E-state index in [9.17, 15) is 18.4 Å². The Morgan fingerprint density at radius 2 is 1.85 bits per heavy atom. The van der Waals surface area contributed by atoms with Crippen LogP contribution in [0.5, 0.6) is 0 Å². The molecule has 1 N–H and O–H groups in total. The van der Waals surface area contributed by atoms with Gasteiger partial charge in [-0.05, 0) is 32.9 Å². The summed E-state index contributed by atoms with van der Waals surface area (Å²) in [5, 5.41) is 2.36. The molecule has 0 bridgehead atoms. The van der Waals surface area contributed by atoms with Gasteiger partial charge in [0.2, 0.25) is 5.91 Å². The highest BCUT2D eigenvalue weighted by molar-refractivity contribution is 8.05. The summed E-state index contributed by atoms with van der Waals surface area (Å²) in [5.74, 6) is -1.92. The van der Waals surface area contributed by atoms with Gasteiger partial charge in [-0.2, -0.15) is 0 Å². The summed E-state index contributed by atoms with van der Waals surface area (Å²) in [6, 6.07) is 2.78. The highest BCUT2D eigenvalue weighted by Crippen LogP contribution is 2.38. The monoisotopic (exact) mass is 398 g/mol. The van der Waals surface area contributed by atoms with Crippen LogP contribution in [-0.2, 0) is 14.3 Å². The fourth-order valence-electron chi connectivity index (χ4n) is 2.39. The lowest BCUT2D eigenvalue weighted by molar-refractivity contribution is -0.148. The van der Waals surface area contributed by atoms with Crippen molar-refractivity contribution in [3.63, 3.8) is 0 Å². The normalized spacial score (nSPS) is 15.7. The number of benzene rings is 1. The van der Waals surface area contributed by atoms with Crippen LogP contribution in [0.3, 0.4) is 0 Å². The quantitative estimate of drug-likeness (QED) is 0.823. The van der Waals surface area contributed by atoms with E-state index < -0.39 is 23.1 Å². The van der Waals surface area contributed by atoms with Gasteiger partial charge in [-0.1, -0.05) is 20.8 Å². The molecule has 1 heterocycles. The average Bonchev–Trinajstić information content (AvgIpc) is 2.53. The highest BCUT2D eigenvalue weighted by Gasteiger charge is 2.43. The van der Waals surface area contributed by atoms with Crippen molar-refractivity contribution in [2.45, 2.75) is 51.8 Å². The Labute approximate surface area is 162 Å². The molecule has 1 aromatic rings. The molecule has 2 amide bonds. The summed E-state index contributed by atoms with van der Waals surface area (Å²) < 4.78 is 32.6. The molecule has 1 aliphatic rings. The largest absolute Gasteiger partial charge is 0.476 e. The molecular formula is C19H24F2N2O3S. The van der Waals surface area contributed by atoms with Crippen LogP contribution in [0, 0.1) is 11.6 Å². The van der Waals surface area contributed by atoms with Crippen molar-refractivity contribution in [2.24, 2.45) is 0 Å². The van der Waals surface area contributed by atoms with Gasteiger partial charge < -0.3 is 10.1 Å². The molecule has 148 valence electrons. The molecule has 0 saturated heterocycles. The number of rotatable bonds is 4. The smallest absolute Gasteiger partial charge is 0.267 e. The number of nitrogens with zero attached hydrogens (tertiary/aromatic N) is 1. The second-order valence-corrected chi connectivity index (χ2v) is 9.58. The Bertz CT molecular complexity index is 801. The van der Waals surface area contributed by atoms with E-state index in [2.05, 4.69) is 5.32 Å². The maximum atomic E-state index is 13.8. The molecule has 1 aromatic carbocycles. The Morgan fingerprint density at radius 1 is 1.22 bits per heavy atom. The molecule has 27 heavy (non-hydrogen) atoms. The first-order valence-corrected chi connectivity index (χ1v) is 9.26. The van der Waals surface area contributed by atoms with E-state index in [1.165, 1.54) is 30.5 Å². The lowest BCUT2D eigenvalue weighted by Gasteiger charge is -2.40. The number of allylic oxidation sites excluding steroid dienone is 1. The van der Waals surface area contributed by atoms with Crippen molar-refractivity contribution >= 4 is 29.3 Å². The first kappa shape index (κ1) is 21.2. The third-order valence-electron chi connectivity index (χ3n) is 3.98. The average molecular weight is 398 g/mol. The van der Waals surface area contributed by atoms with Crippen molar-refractivity contribution in [3.8, 4) is 0 Å². The molecule has 0 atom stereocenters. The van der Waals surface area contributed by atoms with E-state index in [0.29, 0.717) is 10.7 Å². The molecule has 0 unspecified atom stereocenters. The van der Waals surface area contributed by atoms with Crippen LogP contribution in [0.1, 0.15) is 41.5 Å². The van der Waals surface area contributed by atoms with Gasteiger partial charge in [0, 0.05) is 10.8 Å². The van der Waals surface area contributed by atoms with Gasteiger partial charge in [-0.25, -0.2) is 8.78 Å². The number of carbonyl (C=O) groups is 2. The van der Waals surface area contributed by atoms with Gasteiger partial charge in [0.15, 0.2) is 6.73 Å². The van der Waals surface area contributed by atoms with Gasteiger partial charge in [-0.15, -0.1) is 11.8 Å². The van der Waals surface area contributed by atoms with E-state index in [1.807, 2.05) is 20.8 Å². The molecule has 5 nitrogen and oxygen atoms in total. The maximum absolute atomic E-state index is 13.8. The van der Waals surface area contributed by atoms with Crippen molar-refractivity contribution < 1.29 is 23.1 Å². The highest BCUT2D eigenvalue weighted by atomic mass is 32.2. The minimum atomic E-state index is -1.35. The number of ether oxygens (including phenoxy) is 1. The molecule has 0 aromatic heterocycles. The van der Waals surface area contributed by atoms with Crippen LogP contribution in [0.25, 0.3) is 0 Å². The SMILES string of the molecule is CC1=C(SC(C)(C)C)C(=O)N(C(C)(C)C(=O)Nc2cc(F)ccc2F)CO1. The summed E-state index contributed by atoms with van der Waals surface area (Å²) in [6.45, 7) is 10.6. The van der Waals surface area contributed by atoms with Crippen molar-refractivity contribution in [3.05, 3.63) is 40.5 Å². The van der Waals surface area contributed by atoms with Crippen LogP contribution in [0.4, 0.5) is 14.5 Å². The van der Waals surface area contributed by atoms with Crippen molar-refractivity contribution in [1.29, 1.82) is 0 Å². The molecule has 0 radical (unpaired) electrons. The number of carbonyl (C=O) groups excluding carboxylic acids is 2. The zero-order chi connectivity index (χ0) is 20.6. The Balaban J connectivity index is 2.26. The van der Waals surface area contributed by atoms with Crippen molar-refractivity contribution in [1.82, 2.24) is 4.90 Å². The minimum absolute atomic E-state index is 0.106. The van der Waals surface area contributed by atoms with Crippen LogP contribution in [0.2, 0.25) is 0 Å². The van der Waals surface area contributed by atoms with E-state index in [-0.39, 0.29) is 23.1 Å². The predicted molar refractivity (Wildman–Crippen MR) is 102 cm³/mol. The van der Waals surface area contributed by atoms with E-state index in [0.717, 1.165) is 18.2 Å². The number of amides is 2. The first-order chi connectivity index (χ1) is 12.3. The van der Waals surface area contributed by atoms with Crippen LogP contribution < -0.4 is 5.32 Å². The summed E-state index contributed by atoms with van der Waals surface area (Å²) >= 11 is 1.36. The summed E-state index contributed by atoms with van der Waals surface area (Å²) in [5.41, 5.74) is -1.63. The fourth-order valence-corrected chi connectivity index (χ4v) is 3.40. The van der Waals surface area contributed by atoms with E-state index in [4.69, 9.17) is 4.74 Å². The third kappa shape index (κ3) is 4.80. The molecule has 0 fully saturated rings. The molecule has 8 heteroatoms. The molecule has 0 saturated carbocycles. The zero-order valence-electron chi connectivity index (χ0n) is 16.3. The lowest BCUT2D eigenvalue weighted by Crippen LogP contribution is -2.57. The maximum Gasteiger partial charge on any atom is 0.267 e. The first-order valence-electron chi connectivity index (χ1n) is 8.44. The fraction of sp³-hybridized carbons (Fsp3) is 0.474. The Hall–Kier alpha value is -2.09. The van der Waals surface area contributed by atoms with Gasteiger partial charge in [0.25, 0.3) is 5.91 Å². The lowest BCUT2D eigenvalue weighted by atomic mass is 10.0. The second kappa shape index (κ2) is 7.50. The van der Waals surface area contributed by atoms with Crippen molar-refractivity contribution in [2.75, 3.05) is 12.0 Å². The number of hydrogen-bond acceptors (Lipinski definition) is 4. The van der Waals surface area contributed by atoms with Gasteiger partial charge in [0.1, 0.15) is 27.8 Å². The summed E-state index contributed by atoms with van der Waals surface area (Å²) in [4.78, 5) is 27.4. The topological polar surface area (TPSA) is 58.6 Å². The molecule has 1 aliphatic heterocycles. The third-order valence-corrected chi connectivity index (χ3v) is 5.26. The van der Waals surface area contributed by atoms with Crippen LogP contribution >= 0.6 is 11.8 Å². The number of anilines is 1. The molecule has 0 aliphatic carbocycles. The van der Waals surface area contributed by atoms with Gasteiger partial charge >= 0.3 is 0 Å². The summed E-state index contributed by atoms with van der Waals surface area (Å²) in [6.07, 6.45) is 0. The molecule has 0 spiro atoms. The van der Waals surface area contributed by atoms with E-state index in [1.54, 1.807) is 6.92 Å². The van der Waals surface area contributed by atoms with Gasteiger partial charge in [0.05, 0.1) is 5.69 Å². The Kier molecular flexibility index (Phi) is 5.89. The zero-order valence-corrected chi connectivity index (χ0v) is 17.1. The predicted octanol–water partition coefficient (Wildman–Crippen LogP) is 4.26. The minimum Gasteiger partial charge on any atom is -0.476 e. The number of halogens is 2. The second-order valence-electron chi connectivity index (χ2n) is 7.74. The molecular weight excluding hydrogens is 374 g/mol. The molecule has 2 rings (SSSR count). The number of thioether (sulfide) groups is 1. The Morgan fingerprint density at radius 3 is 2.44 bits per heavy atom. The van der Waals surface area contributed by atoms with Gasteiger partial charge in [-0.3, -0.25) is 14.5 Å². The van der Waals surface area contributed by atoms with E-state index >= 15 is 0 Å². The number of nitrogens with one attached hydrogen (secondary N) is 1.